The molecular weight excluding hydrogens is 258 g/mol. The van der Waals surface area contributed by atoms with Gasteiger partial charge in [0.25, 0.3) is 0 Å². The van der Waals surface area contributed by atoms with Crippen LogP contribution in [0.4, 0.5) is 0 Å². The molecule has 1 aliphatic rings. The minimum absolute atomic E-state index is 0.208. The normalized spacial score (nSPS) is 22.2. The number of hydrogen-bond donors (Lipinski definition) is 1. The molecule has 1 heterocycles. The Labute approximate surface area is 127 Å². The van der Waals surface area contributed by atoms with Crippen molar-refractivity contribution in [3.63, 3.8) is 0 Å². The standard InChI is InChI=1S/C19H23NO/c1-13-9-10-18-16(11-13)17(20-3)12-19(21-18)14(2)15-7-5-4-6-8-15/h4-11,14,17,19-20H,12H2,1-3H3. The van der Waals surface area contributed by atoms with Gasteiger partial charge in [-0.1, -0.05) is 55.0 Å². The molecule has 0 aromatic heterocycles. The molecule has 0 aliphatic carbocycles. The van der Waals surface area contributed by atoms with E-state index in [9.17, 15) is 0 Å². The first kappa shape index (κ1) is 14.2. The molecule has 3 rings (SSSR count). The smallest absolute Gasteiger partial charge is 0.124 e. The van der Waals surface area contributed by atoms with Gasteiger partial charge in [0.2, 0.25) is 0 Å². The summed E-state index contributed by atoms with van der Waals surface area (Å²) >= 11 is 0. The third-order valence-electron chi connectivity index (χ3n) is 4.52. The molecule has 3 atom stereocenters. The molecule has 0 radical (unpaired) electrons. The lowest BCUT2D eigenvalue weighted by atomic mass is 9.86. The van der Waals surface area contributed by atoms with E-state index < -0.39 is 0 Å². The van der Waals surface area contributed by atoms with Crippen molar-refractivity contribution in [2.24, 2.45) is 0 Å². The molecule has 0 amide bonds. The van der Waals surface area contributed by atoms with E-state index in [1.54, 1.807) is 0 Å². The number of rotatable bonds is 3. The fourth-order valence-electron chi connectivity index (χ4n) is 3.17. The zero-order valence-corrected chi connectivity index (χ0v) is 13.0. The average molecular weight is 281 g/mol. The van der Waals surface area contributed by atoms with E-state index in [0.717, 1.165) is 12.2 Å². The molecule has 2 heteroatoms. The molecule has 1 aliphatic heterocycles. The molecule has 0 spiro atoms. The maximum atomic E-state index is 6.30. The van der Waals surface area contributed by atoms with Crippen LogP contribution in [0, 0.1) is 6.92 Å². The van der Waals surface area contributed by atoms with Gasteiger partial charge in [-0.3, -0.25) is 0 Å². The summed E-state index contributed by atoms with van der Waals surface area (Å²) in [5, 5.41) is 3.44. The third kappa shape index (κ3) is 2.81. The van der Waals surface area contributed by atoms with E-state index in [2.05, 4.69) is 67.7 Å². The summed E-state index contributed by atoms with van der Waals surface area (Å²) in [4.78, 5) is 0. The monoisotopic (exact) mass is 281 g/mol. The molecular formula is C19H23NO. The van der Waals surface area contributed by atoms with Crippen molar-refractivity contribution in [3.8, 4) is 5.75 Å². The first-order valence-electron chi connectivity index (χ1n) is 7.68. The molecule has 2 aromatic rings. The summed E-state index contributed by atoms with van der Waals surface area (Å²) in [5.41, 5.74) is 3.91. The molecule has 0 bridgehead atoms. The SMILES string of the molecule is CNC1CC(C(C)c2ccccc2)Oc2ccc(C)cc21. The van der Waals surface area contributed by atoms with Crippen LogP contribution in [-0.2, 0) is 0 Å². The van der Waals surface area contributed by atoms with Crippen LogP contribution >= 0.6 is 0 Å². The maximum absolute atomic E-state index is 6.30. The molecule has 0 saturated heterocycles. The predicted octanol–water partition coefficient (Wildman–Crippen LogP) is 4.21. The average Bonchev–Trinajstić information content (AvgIpc) is 2.54. The van der Waals surface area contributed by atoms with Gasteiger partial charge in [-0.15, -0.1) is 0 Å². The van der Waals surface area contributed by atoms with Crippen LogP contribution < -0.4 is 10.1 Å². The first-order valence-corrected chi connectivity index (χ1v) is 7.68. The van der Waals surface area contributed by atoms with Crippen molar-refractivity contribution in [3.05, 3.63) is 65.2 Å². The molecule has 0 saturated carbocycles. The Morgan fingerprint density at radius 1 is 1.14 bits per heavy atom. The summed E-state index contributed by atoms with van der Waals surface area (Å²) in [6.45, 7) is 4.39. The first-order chi connectivity index (χ1) is 10.2. The Morgan fingerprint density at radius 3 is 2.62 bits per heavy atom. The predicted molar refractivity (Wildman–Crippen MR) is 86.9 cm³/mol. The Hall–Kier alpha value is -1.80. The summed E-state index contributed by atoms with van der Waals surface area (Å²) in [5.74, 6) is 1.41. The molecule has 2 aromatic carbocycles. The summed E-state index contributed by atoms with van der Waals surface area (Å²) in [6.07, 6.45) is 1.21. The van der Waals surface area contributed by atoms with E-state index in [4.69, 9.17) is 4.74 Å². The Morgan fingerprint density at radius 2 is 1.90 bits per heavy atom. The highest BCUT2D eigenvalue weighted by Gasteiger charge is 2.31. The summed E-state index contributed by atoms with van der Waals surface area (Å²) in [7, 11) is 2.03. The van der Waals surface area contributed by atoms with Gasteiger partial charge in [0, 0.05) is 23.9 Å². The maximum Gasteiger partial charge on any atom is 0.124 e. The van der Waals surface area contributed by atoms with Crippen molar-refractivity contribution in [2.45, 2.75) is 38.3 Å². The van der Waals surface area contributed by atoms with Gasteiger partial charge in [-0.25, -0.2) is 0 Å². The van der Waals surface area contributed by atoms with Crippen LogP contribution in [0.15, 0.2) is 48.5 Å². The van der Waals surface area contributed by atoms with Crippen LogP contribution in [0.2, 0.25) is 0 Å². The van der Waals surface area contributed by atoms with E-state index in [-0.39, 0.29) is 6.10 Å². The van der Waals surface area contributed by atoms with Gasteiger partial charge in [0.15, 0.2) is 0 Å². The third-order valence-corrected chi connectivity index (χ3v) is 4.52. The topological polar surface area (TPSA) is 21.3 Å². The van der Waals surface area contributed by atoms with Crippen LogP contribution in [-0.4, -0.2) is 13.2 Å². The molecule has 0 fully saturated rings. The largest absolute Gasteiger partial charge is 0.489 e. The van der Waals surface area contributed by atoms with Gasteiger partial charge in [-0.2, -0.15) is 0 Å². The van der Waals surface area contributed by atoms with Crippen LogP contribution in [0.25, 0.3) is 0 Å². The van der Waals surface area contributed by atoms with Gasteiger partial charge in [0.05, 0.1) is 0 Å². The highest BCUT2D eigenvalue weighted by molar-refractivity contribution is 5.41. The zero-order valence-electron chi connectivity index (χ0n) is 13.0. The van der Waals surface area contributed by atoms with Crippen LogP contribution in [0.1, 0.15) is 42.0 Å². The highest BCUT2D eigenvalue weighted by atomic mass is 16.5. The van der Waals surface area contributed by atoms with E-state index >= 15 is 0 Å². The van der Waals surface area contributed by atoms with Crippen molar-refractivity contribution in [1.29, 1.82) is 0 Å². The number of benzene rings is 2. The van der Waals surface area contributed by atoms with E-state index in [1.807, 2.05) is 7.05 Å². The quantitative estimate of drug-likeness (QED) is 0.910. The second-order valence-corrected chi connectivity index (χ2v) is 5.97. The lowest BCUT2D eigenvalue weighted by Crippen LogP contribution is -2.34. The van der Waals surface area contributed by atoms with Crippen LogP contribution in [0.5, 0.6) is 5.75 Å². The lowest BCUT2D eigenvalue weighted by Gasteiger charge is -2.35. The van der Waals surface area contributed by atoms with Crippen molar-refractivity contribution < 1.29 is 4.74 Å². The highest BCUT2D eigenvalue weighted by Crippen LogP contribution is 2.39. The van der Waals surface area contributed by atoms with E-state index in [0.29, 0.717) is 12.0 Å². The second kappa shape index (κ2) is 5.90. The number of aryl methyl sites for hydroxylation is 1. The number of ether oxygens (including phenoxy) is 1. The summed E-state index contributed by atoms with van der Waals surface area (Å²) < 4.78 is 6.30. The zero-order chi connectivity index (χ0) is 14.8. The Balaban J connectivity index is 1.89. The van der Waals surface area contributed by atoms with Gasteiger partial charge in [-0.05, 0) is 25.6 Å². The minimum Gasteiger partial charge on any atom is -0.489 e. The van der Waals surface area contributed by atoms with Gasteiger partial charge >= 0.3 is 0 Å². The number of nitrogens with one attached hydrogen (secondary N) is 1. The van der Waals surface area contributed by atoms with Gasteiger partial charge in [0.1, 0.15) is 11.9 Å². The molecule has 110 valence electrons. The van der Waals surface area contributed by atoms with Crippen molar-refractivity contribution in [2.75, 3.05) is 7.05 Å². The van der Waals surface area contributed by atoms with Crippen LogP contribution in [0.3, 0.4) is 0 Å². The van der Waals surface area contributed by atoms with Crippen molar-refractivity contribution in [1.82, 2.24) is 5.32 Å². The molecule has 21 heavy (non-hydrogen) atoms. The van der Waals surface area contributed by atoms with Crippen molar-refractivity contribution >= 4 is 0 Å². The van der Waals surface area contributed by atoms with Gasteiger partial charge < -0.3 is 10.1 Å². The lowest BCUT2D eigenvalue weighted by molar-refractivity contribution is 0.130. The number of fused-ring (bicyclic) bond motifs is 1. The fourth-order valence-corrected chi connectivity index (χ4v) is 3.17. The number of hydrogen-bond acceptors (Lipinski definition) is 2. The second-order valence-electron chi connectivity index (χ2n) is 5.97. The fraction of sp³-hybridized carbons (Fsp3) is 0.368. The molecule has 1 N–H and O–H groups in total. The Bertz CT molecular complexity index is 608. The molecule has 2 nitrogen and oxygen atoms in total. The molecule has 3 unspecified atom stereocenters. The summed E-state index contributed by atoms with van der Waals surface area (Å²) in [6, 6.07) is 17.5. The minimum atomic E-state index is 0.208. The van der Waals surface area contributed by atoms with E-state index in [1.165, 1.54) is 16.7 Å². The Kier molecular flexibility index (Phi) is 3.98.